The van der Waals surface area contributed by atoms with E-state index in [1.807, 2.05) is 0 Å². The summed E-state index contributed by atoms with van der Waals surface area (Å²) in [6, 6.07) is -0.391. The molecule has 0 spiro atoms. The maximum absolute atomic E-state index is 11.7. The Bertz CT molecular complexity index is 353. The van der Waals surface area contributed by atoms with Crippen LogP contribution in [0, 0.1) is 0 Å². The number of rotatable bonds is 3. The lowest BCUT2D eigenvalue weighted by Crippen LogP contribution is -2.42. The summed E-state index contributed by atoms with van der Waals surface area (Å²) in [6.07, 6.45) is -1.89. The molecular weight excluding hydrogens is 256 g/mol. The number of carboxylic acids is 1. The molecule has 2 saturated heterocycles. The second-order valence-electron chi connectivity index (χ2n) is 4.89. The Kier molecular flexibility index (Phi) is 4.23. The highest BCUT2D eigenvalue weighted by molar-refractivity contribution is 5.75. The summed E-state index contributed by atoms with van der Waals surface area (Å²) in [7, 11) is 0. The average Bonchev–Trinajstić information content (AvgIpc) is 2.94. The van der Waals surface area contributed by atoms with Gasteiger partial charge < -0.3 is 30.3 Å². The van der Waals surface area contributed by atoms with Crippen LogP contribution in [0.3, 0.4) is 0 Å². The number of aliphatic hydroxyl groups excluding tert-OH is 2. The largest absolute Gasteiger partial charge is 0.479 e. The number of carboxylic acid groups (broad SMARTS) is 1. The smallest absolute Gasteiger partial charge is 0.332 e. The number of hydrogen-bond acceptors (Lipinski definition) is 5. The summed E-state index contributed by atoms with van der Waals surface area (Å²) in [6.45, 7) is 0.415. The van der Waals surface area contributed by atoms with Gasteiger partial charge in [0.2, 0.25) is 0 Å². The molecule has 0 radical (unpaired) electrons. The lowest BCUT2D eigenvalue weighted by Gasteiger charge is -2.18. The van der Waals surface area contributed by atoms with Crippen molar-refractivity contribution in [2.24, 2.45) is 0 Å². The van der Waals surface area contributed by atoms with Gasteiger partial charge in [-0.3, -0.25) is 0 Å². The number of β-amino-alcohol motifs (C(OH)–C–C–N with tert-alkyl or cyclic N) is 2. The number of urea groups is 1. The molecule has 0 bridgehead atoms. The van der Waals surface area contributed by atoms with Crippen molar-refractivity contribution >= 4 is 12.0 Å². The predicted octanol–water partition coefficient (Wildman–Crippen LogP) is -1.63. The van der Waals surface area contributed by atoms with Crippen LogP contribution in [0.1, 0.15) is 12.8 Å². The molecule has 0 aromatic carbocycles. The van der Waals surface area contributed by atoms with Crippen LogP contribution in [0.15, 0.2) is 0 Å². The van der Waals surface area contributed by atoms with E-state index in [0.29, 0.717) is 12.8 Å². The van der Waals surface area contributed by atoms with Gasteiger partial charge >= 0.3 is 12.0 Å². The van der Waals surface area contributed by atoms with E-state index in [1.165, 1.54) is 4.90 Å². The first-order valence-electron chi connectivity index (χ1n) is 6.24. The van der Waals surface area contributed by atoms with E-state index >= 15 is 0 Å². The SMILES string of the molecule is O=C(O)C1CCC(CNC(=O)N2CC(O)C(O)C2)O1. The summed E-state index contributed by atoms with van der Waals surface area (Å²) in [5, 5.41) is 30.0. The molecule has 2 rings (SSSR count). The van der Waals surface area contributed by atoms with E-state index in [-0.39, 0.29) is 25.7 Å². The Morgan fingerprint density at radius 1 is 1.21 bits per heavy atom. The van der Waals surface area contributed by atoms with Gasteiger partial charge in [-0.15, -0.1) is 0 Å². The number of hydrogen-bond donors (Lipinski definition) is 4. The lowest BCUT2D eigenvalue weighted by molar-refractivity contribution is -0.149. The minimum absolute atomic E-state index is 0.0935. The minimum atomic E-state index is -0.986. The molecule has 2 heterocycles. The lowest BCUT2D eigenvalue weighted by atomic mass is 10.2. The number of ether oxygens (including phenoxy) is 1. The van der Waals surface area contributed by atoms with Crippen molar-refractivity contribution in [3.63, 3.8) is 0 Å². The maximum atomic E-state index is 11.7. The predicted molar refractivity (Wildman–Crippen MR) is 62.5 cm³/mol. The second kappa shape index (κ2) is 5.72. The fourth-order valence-corrected chi connectivity index (χ4v) is 2.29. The normalized spacial score (nSPS) is 34.5. The van der Waals surface area contributed by atoms with E-state index in [0.717, 1.165) is 0 Å². The molecule has 19 heavy (non-hydrogen) atoms. The van der Waals surface area contributed by atoms with E-state index in [2.05, 4.69) is 5.32 Å². The number of carbonyl (C=O) groups is 2. The Labute approximate surface area is 110 Å². The highest BCUT2D eigenvalue weighted by atomic mass is 16.5. The zero-order chi connectivity index (χ0) is 14.0. The molecule has 8 nitrogen and oxygen atoms in total. The van der Waals surface area contributed by atoms with Crippen molar-refractivity contribution in [1.82, 2.24) is 10.2 Å². The summed E-state index contributed by atoms with van der Waals surface area (Å²) in [4.78, 5) is 23.7. The number of aliphatic hydroxyl groups is 2. The van der Waals surface area contributed by atoms with Gasteiger partial charge in [0.05, 0.1) is 31.4 Å². The van der Waals surface area contributed by atoms with Crippen molar-refractivity contribution in [2.45, 2.75) is 37.3 Å². The van der Waals surface area contributed by atoms with Gasteiger partial charge in [0.15, 0.2) is 6.10 Å². The molecule has 4 N–H and O–H groups in total. The Balaban J connectivity index is 1.72. The Morgan fingerprint density at radius 2 is 1.84 bits per heavy atom. The van der Waals surface area contributed by atoms with Gasteiger partial charge in [-0.25, -0.2) is 9.59 Å². The third-order valence-electron chi connectivity index (χ3n) is 3.41. The minimum Gasteiger partial charge on any atom is -0.479 e. The van der Waals surface area contributed by atoms with Gasteiger partial charge in [-0.1, -0.05) is 0 Å². The highest BCUT2D eigenvalue weighted by Gasteiger charge is 2.34. The zero-order valence-electron chi connectivity index (χ0n) is 10.4. The average molecular weight is 274 g/mol. The van der Waals surface area contributed by atoms with Crippen molar-refractivity contribution in [1.29, 1.82) is 0 Å². The number of likely N-dealkylation sites (tertiary alicyclic amines) is 1. The van der Waals surface area contributed by atoms with Crippen molar-refractivity contribution < 1.29 is 29.6 Å². The number of carbonyl (C=O) groups excluding carboxylic acids is 1. The number of aliphatic carboxylic acids is 1. The topological polar surface area (TPSA) is 119 Å². The van der Waals surface area contributed by atoms with Crippen LogP contribution in [0.4, 0.5) is 4.79 Å². The van der Waals surface area contributed by atoms with E-state index in [4.69, 9.17) is 9.84 Å². The molecule has 4 atom stereocenters. The van der Waals surface area contributed by atoms with Gasteiger partial charge in [-0.05, 0) is 12.8 Å². The van der Waals surface area contributed by atoms with E-state index < -0.39 is 30.3 Å². The van der Waals surface area contributed by atoms with Crippen molar-refractivity contribution in [3.05, 3.63) is 0 Å². The first-order chi connectivity index (χ1) is 8.97. The van der Waals surface area contributed by atoms with Crippen LogP contribution in [-0.4, -0.2) is 76.3 Å². The third kappa shape index (κ3) is 3.34. The molecule has 0 saturated carbocycles. The second-order valence-corrected chi connectivity index (χ2v) is 4.89. The number of nitrogens with zero attached hydrogens (tertiary/aromatic N) is 1. The van der Waals surface area contributed by atoms with Gasteiger partial charge in [0, 0.05) is 6.54 Å². The van der Waals surface area contributed by atoms with Gasteiger partial charge in [0.1, 0.15) is 0 Å². The summed E-state index contributed by atoms with van der Waals surface area (Å²) >= 11 is 0. The first kappa shape index (κ1) is 14.0. The monoisotopic (exact) mass is 274 g/mol. The standard InChI is InChI=1S/C11H18N2O6/c14-7-4-13(5-8(7)15)11(18)12-3-6-1-2-9(19-6)10(16)17/h6-9,14-15H,1-5H2,(H,12,18)(H,16,17). The molecule has 0 aromatic heterocycles. The molecule has 0 aliphatic carbocycles. The summed E-state index contributed by atoms with van der Waals surface area (Å²) in [5.41, 5.74) is 0. The number of nitrogens with one attached hydrogen (secondary N) is 1. The van der Waals surface area contributed by atoms with Gasteiger partial charge in [0.25, 0.3) is 0 Å². The highest BCUT2D eigenvalue weighted by Crippen LogP contribution is 2.19. The van der Waals surface area contributed by atoms with E-state index in [1.54, 1.807) is 0 Å². The molecule has 2 aliphatic rings. The molecule has 2 aliphatic heterocycles. The van der Waals surface area contributed by atoms with Crippen molar-refractivity contribution in [3.8, 4) is 0 Å². The summed E-state index contributed by atoms with van der Waals surface area (Å²) < 4.78 is 5.25. The molecule has 2 fully saturated rings. The zero-order valence-corrected chi connectivity index (χ0v) is 10.4. The molecule has 4 unspecified atom stereocenters. The fraction of sp³-hybridized carbons (Fsp3) is 0.818. The van der Waals surface area contributed by atoms with Crippen LogP contribution in [-0.2, 0) is 9.53 Å². The quantitative estimate of drug-likeness (QED) is 0.490. The summed E-state index contributed by atoms with van der Waals surface area (Å²) in [5.74, 6) is -0.986. The first-order valence-corrected chi connectivity index (χ1v) is 6.24. The van der Waals surface area contributed by atoms with Gasteiger partial charge in [-0.2, -0.15) is 0 Å². The Hall–Kier alpha value is -1.38. The molecular formula is C11H18N2O6. The van der Waals surface area contributed by atoms with Crippen LogP contribution < -0.4 is 5.32 Å². The van der Waals surface area contributed by atoms with Crippen LogP contribution in [0.2, 0.25) is 0 Å². The number of amides is 2. The Morgan fingerprint density at radius 3 is 2.37 bits per heavy atom. The van der Waals surface area contributed by atoms with E-state index in [9.17, 15) is 19.8 Å². The van der Waals surface area contributed by atoms with Crippen molar-refractivity contribution in [2.75, 3.05) is 19.6 Å². The molecule has 0 aromatic rings. The molecule has 108 valence electrons. The fourth-order valence-electron chi connectivity index (χ4n) is 2.29. The molecule has 2 amide bonds. The van der Waals surface area contributed by atoms with Crippen LogP contribution >= 0.6 is 0 Å². The maximum Gasteiger partial charge on any atom is 0.332 e. The third-order valence-corrected chi connectivity index (χ3v) is 3.41. The van der Waals surface area contributed by atoms with Crippen LogP contribution in [0.25, 0.3) is 0 Å². The molecule has 8 heteroatoms. The van der Waals surface area contributed by atoms with Crippen LogP contribution in [0.5, 0.6) is 0 Å².